The fraction of sp³-hybridized carbons (Fsp3) is 0.714. The van der Waals surface area contributed by atoms with E-state index in [1.165, 1.54) is 0 Å². The van der Waals surface area contributed by atoms with Crippen LogP contribution in [0.2, 0.25) is 0 Å². The van der Waals surface area contributed by atoms with Crippen LogP contribution in [0.1, 0.15) is 6.92 Å². The van der Waals surface area contributed by atoms with E-state index >= 15 is 0 Å². The number of rotatable bonds is 1. The van der Waals surface area contributed by atoms with Crippen LogP contribution in [-0.4, -0.2) is 43.7 Å². The van der Waals surface area contributed by atoms with Gasteiger partial charge in [0.1, 0.15) is 0 Å². The first-order valence-corrected chi connectivity index (χ1v) is 4.18. The Bertz CT molecular complexity index is 222. The Balaban J connectivity index is 0.00000169. The van der Waals surface area contributed by atoms with Crippen LogP contribution in [-0.2, 0) is 4.74 Å². The van der Waals surface area contributed by atoms with E-state index in [1.807, 2.05) is 11.9 Å². The van der Waals surface area contributed by atoms with Crippen molar-refractivity contribution in [3.8, 4) is 0 Å². The van der Waals surface area contributed by atoms with Crippen molar-refractivity contribution in [3.05, 3.63) is 0 Å². The van der Waals surface area contributed by atoms with Crippen LogP contribution in [0.3, 0.4) is 0 Å². The molecule has 0 spiro atoms. The molecule has 1 heterocycles. The highest BCUT2D eigenvalue weighted by Crippen LogP contribution is 1.93. The minimum Gasteiger partial charge on any atom is -0.449 e. The molecule has 82 valence electrons. The standard InChI is InChI=1S/C7H14N4O2.HI/c1-3-13-7(12)10-9-6-8-4-5-11(6)2;/h3-5H2,1-2H3,(H,8,9)(H,10,12);1H. The lowest BCUT2D eigenvalue weighted by atomic mass is 10.6. The molecule has 2 N–H and O–H groups in total. The summed E-state index contributed by atoms with van der Waals surface area (Å²) in [6.07, 6.45) is -0.495. The molecular weight excluding hydrogens is 299 g/mol. The number of carbonyl (C=O) groups is 1. The van der Waals surface area contributed by atoms with Gasteiger partial charge in [0.25, 0.3) is 0 Å². The summed E-state index contributed by atoms with van der Waals surface area (Å²) < 4.78 is 4.65. The number of ether oxygens (including phenoxy) is 1. The van der Waals surface area contributed by atoms with Crippen LogP contribution in [0.4, 0.5) is 4.79 Å². The van der Waals surface area contributed by atoms with Gasteiger partial charge in [-0.05, 0) is 6.92 Å². The maximum Gasteiger partial charge on any atom is 0.426 e. The molecule has 1 rings (SSSR count). The third kappa shape index (κ3) is 3.99. The van der Waals surface area contributed by atoms with Crippen LogP contribution in [0.5, 0.6) is 0 Å². The zero-order valence-electron chi connectivity index (χ0n) is 8.24. The highest BCUT2D eigenvalue weighted by molar-refractivity contribution is 14.0. The van der Waals surface area contributed by atoms with E-state index in [0.717, 1.165) is 13.1 Å². The molecular formula is C7H15IN4O2. The highest BCUT2D eigenvalue weighted by Gasteiger charge is 2.12. The van der Waals surface area contributed by atoms with E-state index in [9.17, 15) is 4.79 Å². The molecule has 0 unspecified atom stereocenters. The topological polar surface area (TPSA) is 66.0 Å². The number of hydrazine groups is 1. The number of guanidine groups is 1. The zero-order chi connectivity index (χ0) is 9.68. The maximum absolute atomic E-state index is 10.8. The molecule has 1 aliphatic rings. The fourth-order valence-corrected chi connectivity index (χ4v) is 0.942. The molecule has 0 aromatic carbocycles. The van der Waals surface area contributed by atoms with Gasteiger partial charge in [-0.2, -0.15) is 0 Å². The molecule has 0 fully saturated rings. The van der Waals surface area contributed by atoms with Gasteiger partial charge in [-0.1, -0.05) is 0 Å². The van der Waals surface area contributed by atoms with Crippen molar-refractivity contribution < 1.29 is 9.53 Å². The second kappa shape index (κ2) is 6.68. The van der Waals surface area contributed by atoms with Crippen LogP contribution >= 0.6 is 24.0 Å². The number of aliphatic imine (C=N–C) groups is 1. The quantitative estimate of drug-likeness (QED) is 0.534. The van der Waals surface area contributed by atoms with E-state index < -0.39 is 6.09 Å². The average Bonchev–Trinajstić information content (AvgIpc) is 2.48. The number of nitrogens with one attached hydrogen (secondary N) is 2. The molecule has 0 atom stereocenters. The van der Waals surface area contributed by atoms with Crippen molar-refractivity contribution in [1.29, 1.82) is 0 Å². The van der Waals surface area contributed by atoms with Gasteiger partial charge >= 0.3 is 6.09 Å². The Kier molecular flexibility index (Phi) is 6.34. The van der Waals surface area contributed by atoms with E-state index in [0.29, 0.717) is 12.6 Å². The normalized spacial score (nSPS) is 14.1. The molecule has 14 heavy (non-hydrogen) atoms. The van der Waals surface area contributed by atoms with Gasteiger partial charge in [0.05, 0.1) is 13.2 Å². The molecule has 0 saturated carbocycles. The summed E-state index contributed by atoms with van der Waals surface area (Å²) in [5, 5.41) is 0. The summed E-state index contributed by atoms with van der Waals surface area (Å²) in [7, 11) is 1.89. The lowest BCUT2D eigenvalue weighted by molar-refractivity contribution is 0.149. The molecule has 0 aliphatic carbocycles. The number of hydrogen-bond acceptors (Lipinski definition) is 5. The third-order valence-electron chi connectivity index (χ3n) is 1.61. The van der Waals surface area contributed by atoms with Crippen molar-refractivity contribution in [2.24, 2.45) is 4.99 Å². The van der Waals surface area contributed by atoms with Crippen molar-refractivity contribution >= 4 is 36.0 Å². The fourth-order valence-electron chi connectivity index (χ4n) is 0.942. The van der Waals surface area contributed by atoms with E-state index in [4.69, 9.17) is 0 Å². The summed E-state index contributed by atoms with van der Waals surface area (Å²) in [6.45, 7) is 3.73. The summed E-state index contributed by atoms with van der Waals surface area (Å²) in [4.78, 5) is 16.9. The first-order valence-electron chi connectivity index (χ1n) is 4.18. The van der Waals surface area contributed by atoms with Crippen molar-refractivity contribution in [1.82, 2.24) is 15.8 Å². The molecule has 0 saturated heterocycles. The molecule has 0 aromatic heterocycles. The lowest BCUT2D eigenvalue weighted by Crippen LogP contribution is -2.46. The van der Waals surface area contributed by atoms with E-state index in [2.05, 4.69) is 20.6 Å². The van der Waals surface area contributed by atoms with Crippen molar-refractivity contribution in [3.63, 3.8) is 0 Å². The molecule has 1 aliphatic heterocycles. The molecule has 7 heteroatoms. The van der Waals surface area contributed by atoms with Crippen molar-refractivity contribution in [2.45, 2.75) is 6.92 Å². The molecule has 0 radical (unpaired) electrons. The van der Waals surface area contributed by atoms with Crippen LogP contribution in [0.15, 0.2) is 4.99 Å². The third-order valence-corrected chi connectivity index (χ3v) is 1.61. The van der Waals surface area contributed by atoms with Gasteiger partial charge in [0.15, 0.2) is 0 Å². The van der Waals surface area contributed by atoms with Gasteiger partial charge in [-0.3, -0.25) is 5.43 Å². The minimum absolute atomic E-state index is 0. The number of likely N-dealkylation sites (N-methyl/N-ethyl adjacent to an activating group) is 1. The Morgan fingerprint density at radius 2 is 2.43 bits per heavy atom. The first-order chi connectivity index (χ1) is 6.24. The summed E-state index contributed by atoms with van der Waals surface area (Å²) in [5.41, 5.74) is 5.04. The monoisotopic (exact) mass is 314 g/mol. The second-order valence-corrected chi connectivity index (χ2v) is 2.60. The largest absolute Gasteiger partial charge is 0.449 e. The molecule has 0 aromatic rings. The van der Waals surface area contributed by atoms with Crippen molar-refractivity contribution in [2.75, 3.05) is 26.7 Å². The highest BCUT2D eigenvalue weighted by atomic mass is 127. The zero-order valence-corrected chi connectivity index (χ0v) is 10.6. The summed E-state index contributed by atoms with van der Waals surface area (Å²) in [5.74, 6) is 0.660. The lowest BCUT2D eigenvalue weighted by Gasteiger charge is -2.15. The molecule has 1 amide bonds. The number of hydrogen-bond donors (Lipinski definition) is 2. The molecule has 0 bridgehead atoms. The van der Waals surface area contributed by atoms with E-state index in [1.54, 1.807) is 6.92 Å². The van der Waals surface area contributed by atoms with E-state index in [-0.39, 0.29) is 24.0 Å². The number of carbonyl (C=O) groups excluding carboxylic acids is 1. The first kappa shape index (κ1) is 13.3. The van der Waals surface area contributed by atoms with Crippen LogP contribution in [0, 0.1) is 0 Å². The Morgan fingerprint density at radius 1 is 1.71 bits per heavy atom. The Labute approximate surface area is 100 Å². The van der Waals surface area contributed by atoms with Crippen LogP contribution < -0.4 is 10.9 Å². The summed E-state index contributed by atoms with van der Waals surface area (Å²) >= 11 is 0. The summed E-state index contributed by atoms with van der Waals surface area (Å²) in [6, 6.07) is 0. The van der Waals surface area contributed by atoms with Crippen LogP contribution in [0.25, 0.3) is 0 Å². The number of nitrogens with zero attached hydrogens (tertiary/aromatic N) is 2. The number of amides is 1. The molecule has 6 nitrogen and oxygen atoms in total. The van der Waals surface area contributed by atoms with Gasteiger partial charge in [0.2, 0.25) is 5.96 Å². The van der Waals surface area contributed by atoms with Gasteiger partial charge in [0, 0.05) is 13.6 Å². The van der Waals surface area contributed by atoms with Gasteiger partial charge in [-0.15, -0.1) is 24.0 Å². The smallest absolute Gasteiger partial charge is 0.426 e. The Hall–Kier alpha value is -0.730. The second-order valence-electron chi connectivity index (χ2n) is 2.60. The SMILES string of the molecule is CCOC(=O)NNC1=NCCN1C.I. The number of halogens is 1. The predicted octanol–water partition coefficient (Wildman–Crippen LogP) is 0.156. The average molecular weight is 314 g/mol. The van der Waals surface area contributed by atoms with Gasteiger partial charge < -0.3 is 9.64 Å². The predicted molar refractivity (Wildman–Crippen MR) is 63.6 cm³/mol. The minimum atomic E-state index is -0.495. The maximum atomic E-state index is 10.8. The Morgan fingerprint density at radius 3 is 2.93 bits per heavy atom. The van der Waals surface area contributed by atoms with Gasteiger partial charge in [-0.25, -0.2) is 15.2 Å².